The van der Waals surface area contributed by atoms with Gasteiger partial charge in [0, 0.05) is 17.0 Å². The molecule has 0 atom stereocenters. The van der Waals surface area contributed by atoms with E-state index in [4.69, 9.17) is 23.2 Å². The number of ketones is 2. The molecular formula is C11H10Cl2O2. The molecule has 0 saturated heterocycles. The van der Waals surface area contributed by atoms with Crippen molar-refractivity contribution in [3.8, 4) is 0 Å². The Labute approximate surface area is 98.2 Å². The monoisotopic (exact) mass is 244 g/mol. The van der Waals surface area contributed by atoms with E-state index in [1.807, 2.05) is 0 Å². The van der Waals surface area contributed by atoms with E-state index in [9.17, 15) is 9.59 Å². The summed E-state index contributed by atoms with van der Waals surface area (Å²) in [5, 5.41) is 0.759. The quantitative estimate of drug-likeness (QED) is 0.600. The zero-order valence-electron chi connectivity index (χ0n) is 8.22. The first-order valence-corrected chi connectivity index (χ1v) is 5.30. The first kappa shape index (κ1) is 12.2. The van der Waals surface area contributed by atoms with Crippen LogP contribution in [0.4, 0.5) is 0 Å². The van der Waals surface area contributed by atoms with Gasteiger partial charge < -0.3 is 0 Å². The van der Waals surface area contributed by atoms with Crippen molar-refractivity contribution < 1.29 is 9.59 Å². The number of carbonyl (C=O) groups excluding carboxylic acids is 2. The van der Waals surface area contributed by atoms with E-state index >= 15 is 0 Å². The molecule has 0 fully saturated rings. The fourth-order valence-corrected chi connectivity index (χ4v) is 1.63. The summed E-state index contributed by atoms with van der Waals surface area (Å²) < 4.78 is 0. The second kappa shape index (κ2) is 5.29. The lowest BCUT2D eigenvalue weighted by atomic mass is 10.1. The molecule has 0 aliphatic heterocycles. The standard InChI is InChI=1S/C11H10Cl2O2/c1-2-8(14)6-11(15)9-4-3-7(12)5-10(9)13/h3-5H,2,6H2,1H3. The molecule has 0 heterocycles. The third-order valence-electron chi connectivity index (χ3n) is 1.98. The lowest BCUT2D eigenvalue weighted by Gasteiger charge is -2.02. The van der Waals surface area contributed by atoms with E-state index in [1.54, 1.807) is 13.0 Å². The van der Waals surface area contributed by atoms with Crippen LogP contribution in [-0.2, 0) is 4.79 Å². The van der Waals surface area contributed by atoms with Crippen LogP contribution in [0.3, 0.4) is 0 Å². The summed E-state index contributed by atoms with van der Waals surface area (Å²) in [7, 11) is 0. The van der Waals surface area contributed by atoms with Gasteiger partial charge in [0.1, 0.15) is 5.78 Å². The molecule has 1 aromatic rings. The summed E-state index contributed by atoms with van der Waals surface area (Å²) in [5.41, 5.74) is 0.350. The van der Waals surface area contributed by atoms with Crippen LogP contribution < -0.4 is 0 Å². The number of carbonyl (C=O) groups is 2. The van der Waals surface area contributed by atoms with Crippen molar-refractivity contribution >= 4 is 34.8 Å². The Kier molecular flexibility index (Phi) is 4.30. The Morgan fingerprint density at radius 1 is 1.27 bits per heavy atom. The van der Waals surface area contributed by atoms with Gasteiger partial charge in [0.05, 0.1) is 11.4 Å². The predicted octanol–water partition coefficient (Wildman–Crippen LogP) is 3.55. The normalized spacial score (nSPS) is 10.1. The van der Waals surface area contributed by atoms with Crippen LogP contribution in [0.2, 0.25) is 10.0 Å². The van der Waals surface area contributed by atoms with Gasteiger partial charge in [-0.2, -0.15) is 0 Å². The topological polar surface area (TPSA) is 34.1 Å². The van der Waals surface area contributed by atoms with Crippen molar-refractivity contribution in [3.05, 3.63) is 33.8 Å². The van der Waals surface area contributed by atoms with Gasteiger partial charge in [-0.05, 0) is 18.2 Å². The van der Waals surface area contributed by atoms with Crippen LogP contribution >= 0.6 is 23.2 Å². The Morgan fingerprint density at radius 3 is 2.47 bits per heavy atom. The van der Waals surface area contributed by atoms with E-state index in [2.05, 4.69) is 0 Å². The highest BCUT2D eigenvalue weighted by atomic mass is 35.5. The van der Waals surface area contributed by atoms with Gasteiger partial charge in [-0.25, -0.2) is 0 Å². The molecule has 4 heteroatoms. The van der Waals surface area contributed by atoms with E-state index in [0.717, 1.165) is 0 Å². The maximum absolute atomic E-state index is 11.6. The van der Waals surface area contributed by atoms with E-state index in [-0.39, 0.29) is 23.0 Å². The van der Waals surface area contributed by atoms with E-state index in [1.165, 1.54) is 12.1 Å². The Hall–Kier alpha value is -0.860. The molecule has 0 saturated carbocycles. The molecule has 0 amide bonds. The lowest BCUT2D eigenvalue weighted by molar-refractivity contribution is -0.117. The summed E-state index contributed by atoms with van der Waals surface area (Å²) in [5.74, 6) is -0.352. The summed E-state index contributed by atoms with van der Waals surface area (Å²) in [6, 6.07) is 4.61. The molecule has 1 rings (SSSR count). The van der Waals surface area contributed by atoms with Gasteiger partial charge in [-0.15, -0.1) is 0 Å². The largest absolute Gasteiger partial charge is 0.299 e. The molecule has 2 nitrogen and oxygen atoms in total. The molecule has 0 radical (unpaired) electrons. The maximum Gasteiger partial charge on any atom is 0.171 e. The van der Waals surface area contributed by atoms with Gasteiger partial charge in [0.25, 0.3) is 0 Å². The number of Topliss-reactive ketones (excluding diaryl/α,β-unsaturated/α-hetero) is 2. The number of benzene rings is 1. The minimum Gasteiger partial charge on any atom is -0.299 e. The Balaban J connectivity index is 2.87. The second-order valence-corrected chi connectivity index (χ2v) is 3.96. The van der Waals surface area contributed by atoms with Crippen LogP contribution in [0.1, 0.15) is 30.1 Å². The second-order valence-electron chi connectivity index (χ2n) is 3.12. The van der Waals surface area contributed by atoms with Crippen molar-refractivity contribution in [2.45, 2.75) is 19.8 Å². The molecule has 1 aromatic carbocycles. The summed E-state index contributed by atoms with van der Waals surface area (Å²) in [6.07, 6.45) is 0.259. The van der Waals surface area contributed by atoms with Gasteiger partial charge >= 0.3 is 0 Å². The molecule has 0 unspecified atom stereocenters. The molecule has 0 bridgehead atoms. The molecular weight excluding hydrogens is 235 g/mol. The van der Waals surface area contributed by atoms with Crippen LogP contribution in [0, 0.1) is 0 Å². The van der Waals surface area contributed by atoms with Crippen molar-refractivity contribution in [2.24, 2.45) is 0 Å². The third kappa shape index (κ3) is 3.33. The average molecular weight is 245 g/mol. The highest BCUT2D eigenvalue weighted by Crippen LogP contribution is 2.22. The average Bonchev–Trinajstić information content (AvgIpc) is 2.17. The minimum atomic E-state index is -0.261. The van der Waals surface area contributed by atoms with Gasteiger partial charge in [0.2, 0.25) is 0 Å². The fraction of sp³-hybridized carbons (Fsp3) is 0.273. The maximum atomic E-state index is 11.6. The Bertz CT molecular complexity index is 400. The van der Waals surface area contributed by atoms with E-state index < -0.39 is 0 Å². The number of hydrogen-bond acceptors (Lipinski definition) is 2. The number of hydrogen-bond donors (Lipinski definition) is 0. The first-order valence-electron chi connectivity index (χ1n) is 4.54. The first-order chi connectivity index (χ1) is 7.04. The molecule has 0 spiro atoms. The Morgan fingerprint density at radius 2 is 1.93 bits per heavy atom. The van der Waals surface area contributed by atoms with Crippen molar-refractivity contribution in [2.75, 3.05) is 0 Å². The van der Waals surface area contributed by atoms with Crippen LogP contribution in [0.5, 0.6) is 0 Å². The predicted molar refractivity (Wildman–Crippen MR) is 60.7 cm³/mol. The lowest BCUT2D eigenvalue weighted by Crippen LogP contribution is -2.07. The van der Waals surface area contributed by atoms with E-state index in [0.29, 0.717) is 17.0 Å². The number of halogens is 2. The summed E-state index contributed by atoms with van der Waals surface area (Å²) >= 11 is 11.5. The van der Waals surface area contributed by atoms with Crippen LogP contribution in [0.25, 0.3) is 0 Å². The third-order valence-corrected chi connectivity index (χ3v) is 2.53. The highest BCUT2D eigenvalue weighted by molar-refractivity contribution is 6.37. The summed E-state index contributed by atoms with van der Waals surface area (Å²) in [4.78, 5) is 22.7. The molecule has 80 valence electrons. The van der Waals surface area contributed by atoms with Crippen molar-refractivity contribution in [1.29, 1.82) is 0 Å². The summed E-state index contributed by atoms with van der Waals surface area (Å²) in [6.45, 7) is 1.72. The molecule has 15 heavy (non-hydrogen) atoms. The van der Waals surface area contributed by atoms with Gasteiger partial charge in [-0.1, -0.05) is 30.1 Å². The molecule has 0 aromatic heterocycles. The zero-order valence-corrected chi connectivity index (χ0v) is 9.73. The zero-order chi connectivity index (χ0) is 11.4. The van der Waals surface area contributed by atoms with Gasteiger partial charge in [0.15, 0.2) is 5.78 Å². The fourth-order valence-electron chi connectivity index (χ4n) is 1.11. The molecule has 0 aliphatic carbocycles. The molecule has 0 N–H and O–H groups in total. The number of rotatable bonds is 4. The smallest absolute Gasteiger partial charge is 0.171 e. The SMILES string of the molecule is CCC(=O)CC(=O)c1ccc(Cl)cc1Cl. The van der Waals surface area contributed by atoms with Crippen LogP contribution in [-0.4, -0.2) is 11.6 Å². The van der Waals surface area contributed by atoms with Gasteiger partial charge in [-0.3, -0.25) is 9.59 Å². The van der Waals surface area contributed by atoms with Crippen LogP contribution in [0.15, 0.2) is 18.2 Å². The van der Waals surface area contributed by atoms with Crippen molar-refractivity contribution in [1.82, 2.24) is 0 Å². The highest BCUT2D eigenvalue weighted by Gasteiger charge is 2.13. The van der Waals surface area contributed by atoms with Crippen molar-refractivity contribution in [3.63, 3.8) is 0 Å². The minimum absolute atomic E-state index is 0.0917. The molecule has 0 aliphatic rings.